The Labute approximate surface area is 135 Å². The third-order valence-electron chi connectivity index (χ3n) is 3.71. The van der Waals surface area contributed by atoms with Crippen molar-refractivity contribution in [3.05, 3.63) is 41.8 Å². The first-order valence-corrected chi connectivity index (χ1v) is 9.19. The van der Waals surface area contributed by atoms with Crippen LogP contribution in [0.5, 0.6) is 0 Å². The van der Waals surface area contributed by atoms with Gasteiger partial charge in [0.15, 0.2) is 9.84 Å². The molecule has 21 heavy (non-hydrogen) atoms. The number of piperidine rings is 1. The summed E-state index contributed by atoms with van der Waals surface area (Å²) in [5.41, 5.74) is 1.07. The summed E-state index contributed by atoms with van der Waals surface area (Å²) in [6.45, 7) is 1.58. The lowest BCUT2D eigenvalue weighted by atomic mass is 10.2. The second-order valence-corrected chi connectivity index (χ2v) is 8.17. The molecular formula is C15H18ClNO2S2. The molecule has 0 aliphatic carbocycles. The Morgan fingerprint density at radius 1 is 1.05 bits per heavy atom. The highest BCUT2D eigenvalue weighted by molar-refractivity contribution is 7.92. The van der Waals surface area contributed by atoms with Gasteiger partial charge in [-0.05, 0) is 55.1 Å². The monoisotopic (exact) mass is 343 g/mol. The van der Waals surface area contributed by atoms with E-state index in [1.54, 1.807) is 23.5 Å². The molecule has 1 fully saturated rings. The van der Waals surface area contributed by atoms with E-state index in [1.807, 2.05) is 29.6 Å². The van der Waals surface area contributed by atoms with Crippen molar-refractivity contribution in [3.63, 3.8) is 0 Å². The fourth-order valence-corrected chi connectivity index (χ4v) is 5.04. The molecule has 0 amide bonds. The van der Waals surface area contributed by atoms with Crippen LogP contribution in [0.4, 0.5) is 0 Å². The van der Waals surface area contributed by atoms with Crippen LogP contribution in [0.2, 0.25) is 0 Å². The number of thiophene rings is 1. The number of hydrogen-bond donors (Lipinski definition) is 1. The van der Waals surface area contributed by atoms with E-state index >= 15 is 0 Å². The summed E-state index contributed by atoms with van der Waals surface area (Å²) in [5, 5.41) is 4.99. The van der Waals surface area contributed by atoms with Gasteiger partial charge in [0.05, 0.1) is 10.1 Å². The molecule has 2 heterocycles. The maximum Gasteiger partial charge on any atom is 0.181 e. The van der Waals surface area contributed by atoms with Crippen molar-refractivity contribution in [2.45, 2.75) is 23.0 Å². The van der Waals surface area contributed by atoms with Gasteiger partial charge in [-0.15, -0.1) is 23.7 Å². The zero-order valence-corrected chi connectivity index (χ0v) is 13.9. The summed E-state index contributed by atoms with van der Waals surface area (Å²) in [7, 11) is -3.18. The van der Waals surface area contributed by atoms with Gasteiger partial charge in [0, 0.05) is 4.88 Å². The van der Waals surface area contributed by atoms with Gasteiger partial charge in [-0.25, -0.2) is 8.42 Å². The molecule has 114 valence electrons. The van der Waals surface area contributed by atoms with Crippen LogP contribution in [0, 0.1) is 0 Å². The van der Waals surface area contributed by atoms with E-state index in [2.05, 4.69) is 5.32 Å². The van der Waals surface area contributed by atoms with Crippen LogP contribution in [0.15, 0.2) is 46.7 Å². The average molecular weight is 344 g/mol. The zero-order chi connectivity index (χ0) is 14.0. The summed E-state index contributed by atoms with van der Waals surface area (Å²) >= 11 is 1.66. The second kappa shape index (κ2) is 6.92. The predicted molar refractivity (Wildman–Crippen MR) is 90.1 cm³/mol. The molecule has 2 aromatic rings. The van der Waals surface area contributed by atoms with E-state index in [1.165, 1.54) is 0 Å². The summed E-state index contributed by atoms with van der Waals surface area (Å²) < 4.78 is 25.1. The van der Waals surface area contributed by atoms with Gasteiger partial charge in [-0.2, -0.15) is 0 Å². The molecule has 1 saturated heterocycles. The molecule has 0 unspecified atom stereocenters. The lowest BCUT2D eigenvalue weighted by molar-refractivity contribution is 0.496. The number of hydrogen-bond acceptors (Lipinski definition) is 4. The molecule has 0 saturated carbocycles. The SMILES string of the molecule is Cl.O=S(=O)(c1ccc(-c2cccs2)cc1)C1CCNCC1. The standard InChI is InChI=1S/C15H17NO2S2.ClH/c17-20(18,14-7-9-16-10-8-14)13-5-3-12(4-6-13)15-2-1-11-19-15;/h1-6,11,14,16H,7-10H2;1H. The average Bonchev–Trinajstić information content (AvgIpc) is 3.02. The molecule has 1 N–H and O–H groups in total. The number of sulfone groups is 1. The molecule has 0 spiro atoms. The maximum atomic E-state index is 12.6. The van der Waals surface area contributed by atoms with E-state index in [-0.39, 0.29) is 17.7 Å². The molecule has 0 radical (unpaired) electrons. The Morgan fingerprint density at radius 2 is 1.71 bits per heavy atom. The van der Waals surface area contributed by atoms with Gasteiger partial charge in [-0.1, -0.05) is 18.2 Å². The van der Waals surface area contributed by atoms with Crippen LogP contribution in [0.25, 0.3) is 10.4 Å². The number of rotatable bonds is 3. The lowest BCUT2D eigenvalue weighted by Crippen LogP contribution is -2.35. The van der Waals surface area contributed by atoms with Crippen LogP contribution in [0.1, 0.15) is 12.8 Å². The van der Waals surface area contributed by atoms with Crippen LogP contribution in [-0.2, 0) is 9.84 Å². The summed E-state index contributed by atoms with van der Waals surface area (Å²) in [6, 6.07) is 11.3. The molecule has 1 aromatic heterocycles. The van der Waals surface area contributed by atoms with Gasteiger partial charge in [0.2, 0.25) is 0 Å². The van der Waals surface area contributed by atoms with Crippen molar-refractivity contribution >= 4 is 33.6 Å². The molecule has 0 bridgehead atoms. The summed E-state index contributed by atoms with van der Waals surface area (Å²) in [5.74, 6) is 0. The Morgan fingerprint density at radius 3 is 2.29 bits per heavy atom. The van der Waals surface area contributed by atoms with Gasteiger partial charge in [-0.3, -0.25) is 0 Å². The zero-order valence-electron chi connectivity index (χ0n) is 11.5. The minimum Gasteiger partial charge on any atom is -0.317 e. The minimum absolute atomic E-state index is 0. The number of nitrogens with one attached hydrogen (secondary N) is 1. The number of benzene rings is 1. The highest BCUT2D eigenvalue weighted by Gasteiger charge is 2.28. The van der Waals surface area contributed by atoms with Crippen LogP contribution in [0.3, 0.4) is 0 Å². The van der Waals surface area contributed by atoms with Crippen LogP contribution >= 0.6 is 23.7 Å². The Kier molecular flexibility index (Phi) is 5.43. The van der Waals surface area contributed by atoms with E-state index in [0.717, 1.165) is 23.5 Å². The highest BCUT2D eigenvalue weighted by Crippen LogP contribution is 2.28. The topological polar surface area (TPSA) is 46.2 Å². The quantitative estimate of drug-likeness (QED) is 0.929. The van der Waals surface area contributed by atoms with Crippen molar-refractivity contribution < 1.29 is 8.42 Å². The molecule has 1 aliphatic rings. The van der Waals surface area contributed by atoms with Crippen molar-refractivity contribution in [2.75, 3.05) is 13.1 Å². The van der Waals surface area contributed by atoms with Crippen molar-refractivity contribution in [1.29, 1.82) is 0 Å². The molecule has 1 aliphatic heterocycles. The largest absolute Gasteiger partial charge is 0.317 e. The smallest absolute Gasteiger partial charge is 0.181 e. The fourth-order valence-electron chi connectivity index (χ4n) is 2.55. The molecule has 6 heteroatoms. The Hall–Kier alpha value is -0.880. The van der Waals surface area contributed by atoms with Gasteiger partial charge < -0.3 is 5.32 Å². The molecular weight excluding hydrogens is 326 g/mol. The fraction of sp³-hybridized carbons (Fsp3) is 0.333. The number of halogens is 1. The molecule has 3 rings (SSSR count). The molecule has 0 atom stereocenters. The summed E-state index contributed by atoms with van der Waals surface area (Å²) in [4.78, 5) is 1.61. The van der Waals surface area contributed by atoms with E-state index in [9.17, 15) is 8.42 Å². The molecule has 3 nitrogen and oxygen atoms in total. The van der Waals surface area contributed by atoms with Crippen molar-refractivity contribution in [2.24, 2.45) is 0 Å². The van der Waals surface area contributed by atoms with Gasteiger partial charge in [0.1, 0.15) is 0 Å². The highest BCUT2D eigenvalue weighted by atomic mass is 35.5. The maximum absolute atomic E-state index is 12.6. The third kappa shape index (κ3) is 3.48. The van der Waals surface area contributed by atoms with E-state index in [0.29, 0.717) is 17.7 Å². The van der Waals surface area contributed by atoms with E-state index in [4.69, 9.17) is 0 Å². The minimum atomic E-state index is -3.18. The first-order chi connectivity index (χ1) is 9.68. The Bertz CT molecular complexity index is 660. The van der Waals surface area contributed by atoms with Crippen molar-refractivity contribution in [3.8, 4) is 10.4 Å². The third-order valence-corrected chi connectivity index (χ3v) is 6.91. The van der Waals surface area contributed by atoms with E-state index < -0.39 is 9.84 Å². The van der Waals surface area contributed by atoms with Gasteiger partial charge in [0.25, 0.3) is 0 Å². The predicted octanol–water partition coefficient (Wildman–Crippen LogP) is 3.36. The van der Waals surface area contributed by atoms with Crippen LogP contribution < -0.4 is 5.32 Å². The summed E-state index contributed by atoms with van der Waals surface area (Å²) in [6.07, 6.45) is 1.41. The Balaban J connectivity index is 0.00000161. The normalized spacial score (nSPS) is 16.4. The molecule has 1 aromatic carbocycles. The van der Waals surface area contributed by atoms with Crippen molar-refractivity contribution in [1.82, 2.24) is 5.32 Å². The lowest BCUT2D eigenvalue weighted by Gasteiger charge is -2.22. The first kappa shape index (κ1) is 16.5. The van der Waals surface area contributed by atoms with Gasteiger partial charge >= 0.3 is 0 Å². The second-order valence-electron chi connectivity index (χ2n) is 5.00. The first-order valence-electron chi connectivity index (χ1n) is 6.76. The van der Waals surface area contributed by atoms with Crippen LogP contribution in [-0.4, -0.2) is 26.8 Å².